The minimum absolute atomic E-state index is 0.00489. The molecule has 0 atom stereocenters. The average Bonchev–Trinajstić information content (AvgIpc) is 2.63. The van der Waals surface area contributed by atoms with Gasteiger partial charge in [-0.05, 0) is 18.9 Å². The van der Waals surface area contributed by atoms with Crippen LogP contribution in [0.5, 0.6) is 5.88 Å². The standard InChI is InChI=1S/C19H26ClN3O3/c20-17-12-14(13-21-18(17)26-16-4-10-25-11-5-16)19(24)23-8-6-22(7-9-23)15-2-1-3-15/h12-13,15-16H,1-11H2. The fourth-order valence-electron chi connectivity index (χ4n) is 3.81. The summed E-state index contributed by atoms with van der Waals surface area (Å²) in [6.45, 7) is 4.86. The van der Waals surface area contributed by atoms with Gasteiger partial charge < -0.3 is 14.4 Å². The summed E-state index contributed by atoms with van der Waals surface area (Å²) < 4.78 is 11.2. The molecule has 3 heterocycles. The van der Waals surface area contributed by atoms with Crippen LogP contribution >= 0.6 is 11.6 Å². The maximum Gasteiger partial charge on any atom is 0.255 e. The number of pyridine rings is 1. The summed E-state index contributed by atoms with van der Waals surface area (Å²) in [5.41, 5.74) is 0.534. The Balaban J connectivity index is 1.35. The first-order valence-corrected chi connectivity index (χ1v) is 10.0. The van der Waals surface area contributed by atoms with Crippen molar-refractivity contribution in [3.63, 3.8) is 0 Å². The van der Waals surface area contributed by atoms with Gasteiger partial charge in [0.1, 0.15) is 11.1 Å². The lowest BCUT2D eigenvalue weighted by Gasteiger charge is -2.42. The molecular weight excluding hydrogens is 354 g/mol. The van der Waals surface area contributed by atoms with Crippen molar-refractivity contribution in [2.45, 2.75) is 44.2 Å². The third kappa shape index (κ3) is 3.97. The molecule has 0 radical (unpaired) electrons. The van der Waals surface area contributed by atoms with E-state index in [1.165, 1.54) is 19.3 Å². The second kappa shape index (κ2) is 8.11. The van der Waals surface area contributed by atoms with Crippen LogP contribution in [0.1, 0.15) is 42.5 Å². The van der Waals surface area contributed by atoms with Crippen LogP contribution in [0.15, 0.2) is 12.3 Å². The monoisotopic (exact) mass is 379 g/mol. The fourth-order valence-corrected chi connectivity index (χ4v) is 4.02. The Hall–Kier alpha value is -1.37. The van der Waals surface area contributed by atoms with Gasteiger partial charge in [-0.3, -0.25) is 9.69 Å². The molecule has 142 valence electrons. The van der Waals surface area contributed by atoms with Gasteiger partial charge in [0.15, 0.2) is 0 Å². The van der Waals surface area contributed by atoms with Crippen molar-refractivity contribution in [2.24, 2.45) is 0 Å². The molecule has 4 rings (SSSR count). The lowest BCUT2D eigenvalue weighted by Crippen LogP contribution is -2.53. The maximum absolute atomic E-state index is 12.8. The number of ether oxygens (including phenoxy) is 2. The number of piperazine rings is 1. The Morgan fingerprint density at radius 1 is 1.15 bits per heavy atom. The lowest BCUT2D eigenvalue weighted by molar-refractivity contribution is 0.0237. The highest BCUT2D eigenvalue weighted by Crippen LogP contribution is 2.28. The molecule has 1 aromatic heterocycles. The van der Waals surface area contributed by atoms with Crippen LogP contribution in [-0.4, -0.2) is 72.2 Å². The van der Waals surface area contributed by atoms with E-state index in [0.29, 0.717) is 29.7 Å². The molecule has 1 aliphatic carbocycles. The maximum atomic E-state index is 12.8. The normalized spacial score (nSPS) is 22.9. The summed E-state index contributed by atoms with van der Waals surface area (Å²) in [6, 6.07) is 2.43. The molecule has 0 unspecified atom stereocenters. The molecule has 2 saturated heterocycles. The molecular formula is C19H26ClN3O3. The quantitative estimate of drug-likeness (QED) is 0.804. The predicted molar refractivity (Wildman–Crippen MR) is 98.8 cm³/mol. The fraction of sp³-hybridized carbons (Fsp3) is 0.684. The number of rotatable bonds is 4. The Morgan fingerprint density at radius 2 is 1.88 bits per heavy atom. The molecule has 0 aromatic carbocycles. The summed E-state index contributed by atoms with van der Waals surface area (Å²) >= 11 is 6.33. The SMILES string of the molecule is O=C(c1cnc(OC2CCOCC2)c(Cl)c1)N1CCN(C2CCC2)CC1. The van der Waals surface area contributed by atoms with E-state index in [1.54, 1.807) is 12.3 Å². The molecule has 1 amide bonds. The van der Waals surface area contributed by atoms with Gasteiger partial charge in [-0.1, -0.05) is 18.0 Å². The number of nitrogens with zero attached hydrogens (tertiary/aromatic N) is 3. The predicted octanol–water partition coefficient (Wildman–Crippen LogP) is 2.60. The number of halogens is 1. The summed E-state index contributed by atoms with van der Waals surface area (Å²) in [7, 11) is 0. The van der Waals surface area contributed by atoms with Crippen molar-refractivity contribution in [3.8, 4) is 5.88 Å². The van der Waals surface area contributed by atoms with E-state index < -0.39 is 0 Å². The molecule has 0 N–H and O–H groups in total. The lowest BCUT2D eigenvalue weighted by atomic mass is 9.91. The average molecular weight is 380 g/mol. The molecule has 2 aliphatic heterocycles. The molecule has 26 heavy (non-hydrogen) atoms. The van der Waals surface area contributed by atoms with Crippen LogP contribution in [0.2, 0.25) is 5.02 Å². The first kappa shape index (κ1) is 18.0. The first-order valence-electron chi connectivity index (χ1n) is 9.64. The molecule has 3 fully saturated rings. The number of carbonyl (C=O) groups excluding carboxylic acids is 1. The highest BCUT2D eigenvalue weighted by atomic mass is 35.5. The van der Waals surface area contributed by atoms with Crippen LogP contribution in [0.3, 0.4) is 0 Å². The molecule has 0 bridgehead atoms. The van der Waals surface area contributed by atoms with Crippen molar-refractivity contribution < 1.29 is 14.3 Å². The van der Waals surface area contributed by atoms with E-state index in [1.807, 2.05) is 4.90 Å². The van der Waals surface area contributed by atoms with E-state index in [4.69, 9.17) is 21.1 Å². The van der Waals surface area contributed by atoms with Crippen molar-refractivity contribution >= 4 is 17.5 Å². The second-order valence-electron chi connectivity index (χ2n) is 7.35. The number of hydrogen-bond donors (Lipinski definition) is 0. The summed E-state index contributed by atoms with van der Waals surface area (Å²) in [5.74, 6) is 0.412. The van der Waals surface area contributed by atoms with Gasteiger partial charge in [-0.15, -0.1) is 0 Å². The van der Waals surface area contributed by atoms with Crippen LogP contribution in [0.4, 0.5) is 0 Å². The zero-order valence-corrected chi connectivity index (χ0v) is 15.8. The largest absolute Gasteiger partial charge is 0.473 e. The van der Waals surface area contributed by atoms with Gasteiger partial charge in [0.25, 0.3) is 5.91 Å². The van der Waals surface area contributed by atoms with Crippen molar-refractivity contribution in [1.29, 1.82) is 0 Å². The van der Waals surface area contributed by atoms with Crippen molar-refractivity contribution in [3.05, 3.63) is 22.8 Å². The van der Waals surface area contributed by atoms with Crippen molar-refractivity contribution in [1.82, 2.24) is 14.8 Å². The highest BCUT2D eigenvalue weighted by Gasteiger charge is 2.30. The Bertz CT molecular complexity index is 639. The molecule has 1 saturated carbocycles. The smallest absolute Gasteiger partial charge is 0.255 e. The van der Waals surface area contributed by atoms with Crippen LogP contribution in [-0.2, 0) is 4.74 Å². The van der Waals surface area contributed by atoms with E-state index in [2.05, 4.69) is 9.88 Å². The number of aromatic nitrogens is 1. The van der Waals surface area contributed by atoms with E-state index in [-0.39, 0.29) is 12.0 Å². The minimum atomic E-state index is 0.00489. The van der Waals surface area contributed by atoms with Gasteiger partial charge >= 0.3 is 0 Å². The third-order valence-corrected chi connectivity index (χ3v) is 5.96. The third-order valence-electron chi connectivity index (χ3n) is 5.69. The number of carbonyl (C=O) groups is 1. The zero-order chi connectivity index (χ0) is 17.9. The van der Waals surface area contributed by atoms with Gasteiger partial charge in [0.2, 0.25) is 5.88 Å². The summed E-state index contributed by atoms with van der Waals surface area (Å²) in [6.07, 6.45) is 7.30. The highest BCUT2D eigenvalue weighted by molar-refractivity contribution is 6.32. The second-order valence-corrected chi connectivity index (χ2v) is 7.76. The number of amides is 1. The van der Waals surface area contributed by atoms with E-state index in [0.717, 1.165) is 45.1 Å². The topological polar surface area (TPSA) is 54.9 Å². The summed E-state index contributed by atoms with van der Waals surface area (Å²) in [5, 5.41) is 0.399. The van der Waals surface area contributed by atoms with Crippen LogP contribution < -0.4 is 4.74 Å². The van der Waals surface area contributed by atoms with Crippen LogP contribution in [0.25, 0.3) is 0 Å². The molecule has 3 aliphatic rings. The Kier molecular flexibility index (Phi) is 5.62. The van der Waals surface area contributed by atoms with E-state index >= 15 is 0 Å². The molecule has 7 heteroatoms. The van der Waals surface area contributed by atoms with Gasteiger partial charge in [-0.2, -0.15) is 0 Å². The molecule has 0 spiro atoms. The Labute approximate surface area is 159 Å². The minimum Gasteiger partial charge on any atom is -0.473 e. The van der Waals surface area contributed by atoms with Crippen LogP contribution in [0, 0.1) is 0 Å². The van der Waals surface area contributed by atoms with Gasteiger partial charge in [0, 0.05) is 51.3 Å². The molecule has 6 nitrogen and oxygen atoms in total. The first-order chi connectivity index (χ1) is 12.7. The number of hydrogen-bond acceptors (Lipinski definition) is 5. The van der Waals surface area contributed by atoms with Crippen molar-refractivity contribution in [2.75, 3.05) is 39.4 Å². The Morgan fingerprint density at radius 3 is 2.50 bits per heavy atom. The van der Waals surface area contributed by atoms with Gasteiger partial charge in [-0.25, -0.2) is 4.98 Å². The summed E-state index contributed by atoms with van der Waals surface area (Å²) in [4.78, 5) is 21.5. The zero-order valence-electron chi connectivity index (χ0n) is 15.0. The molecule has 1 aromatic rings. The van der Waals surface area contributed by atoms with E-state index in [9.17, 15) is 4.79 Å². The van der Waals surface area contributed by atoms with Gasteiger partial charge in [0.05, 0.1) is 18.8 Å².